The van der Waals surface area contributed by atoms with Crippen molar-refractivity contribution in [1.29, 1.82) is 5.26 Å². The first-order valence-electron chi connectivity index (χ1n) is 7.39. The van der Waals surface area contributed by atoms with Crippen LogP contribution in [0.5, 0.6) is 0 Å². The third-order valence-corrected chi connectivity index (χ3v) is 3.35. The van der Waals surface area contributed by atoms with Crippen LogP contribution in [0, 0.1) is 11.3 Å². The van der Waals surface area contributed by atoms with Gasteiger partial charge in [-0.15, -0.1) is 0 Å². The van der Waals surface area contributed by atoms with E-state index in [2.05, 4.69) is 10.6 Å². The molecule has 6 nitrogen and oxygen atoms in total. The largest absolute Gasteiger partial charge is 0.478 e. The summed E-state index contributed by atoms with van der Waals surface area (Å²) in [6.07, 6.45) is -3.40. The predicted molar refractivity (Wildman–Crippen MR) is 90.8 cm³/mol. The topological polar surface area (TPSA) is 102 Å². The lowest BCUT2D eigenvalue weighted by atomic mass is 10.2. The number of nitriles is 1. The zero-order valence-electron chi connectivity index (χ0n) is 13.5. The van der Waals surface area contributed by atoms with Gasteiger partial charge in [-0.25, -0.2) is 4.79 Å². The van der Waals surface area contributed by atoms with Gasteiger partial charge < -0.3 is 15.7 Å². The number of halogens is 3. The van der Waals surface area contributed by atoms with E-state index in [1.54, 1.807) is 6.07 Å². The van der Waals surface area contributed by atoms with E-state index in [1.165, 1.54) is 24.3 Å². The summed E-state index contributed by atoms with van der Waals surface area (Å²) in [4.78, 5) is 22.8. The summed E-state index contributed by atoms with van der Waals surface area (Å²) in [7, 11) is 0. The molecular weight excluding hydrogens is 363 g/mol. The maximum absolute atomic E-state index is 12.5. The lowest BCUT2D eigenvalue weighted by Gasteiger charge is -2.08. The zero-order chi connectivity index (χ0) is 20.0. The van der Waals surface area contributed by atoms with Crippen molar-refractivity contribution in [3.63, 3.8) is 0 Å². The number of carbonyl (C=O) groups excluding carboxylic acids is 1. The molecule has 0 fully saturated rings. The number of aromatic carboxylic acids is 1. The molecule has 0 heterocycles. The summed E-state index contributed by atoms with van der Waals surface area (Å²) in [6, 6.07) is 11.0. The summed E-state index contributed by atoms with van der Waals surface area (Å²) in [5.74, 6) is -1.88. The van der Waals surface area contributed by atoms with Gasteiger partial charge in [-0.1, -0.05) is 0 Å². The number of benzene rings is 2. The Morgan fingerprint density at radius 1 is 1.00 bits per heavy atom. The van der Waals surface area contributed by atoms with Crippen LogP contribution in [0.25, 0.3) is 0 Å². The van der Waals surface area contributed by atoms with Crippen molar-refractivity contribution >= 4 is 23.3 Å². The first-order chi connectivity index (χ1) is 12.7. The molecule has 2 rings (SSSR count). The number of nitrogens with one attached hydrogen (secondary N) is 2. The van der Waals surface area contributed by atoms with Crippen molar-refractivity contribution < 1.29 is 27.9 Å². The van der Waals surface area contributed by atoms with Crippen LogP contribution < -0.4 is 10.6 Å². The van der Waals surface area contributed by atoms with Gasteiger partial charge in [-0.05, 0) is 48.5 Å². The highest BCUT2D eigenvalue weighted by molar-refractivity contribution is 6.06. The normalized spacial score (nSPS) is 11.4. The highest BCUT2D eigenvalue weighted by atomic mass is 19.4. The highest BCUT2D eigenvalue weighted by Gasteiger charge is 2.29. The minimum absolute atomic E-state index is 0.0352. The van der Waals surface area contributed by atoms with Crippen molar-refractivity contribution in [1.82, 2.24) is 0 Å². The Bertz CT molecular complexity index is 912. The molecule has 2 aromatic carbocycles. The van der Waals surface area contributed by atoms with Crippen LogP contribution >= 0.6 is 0 Å². The Morgan fingerprint density at radius 3 is 2.04 bits per heavy atom. The van der Waals surface area contributed by atoms with Gasteiger partial charge in [0.1, 0.15) is 11.6 Å². The number of rotatable bonds is 5. The van der Waals surface area contributed by atoms with E-state index in [-0.39, 0.29) is 22.5 Å². The van der Waals surface area contributed by atoms with E-state index in [9.17, 15) is 22.8 Å². The SMILES string of the molecule is N#C/C(=C/Nc1ccc(C(F)(F)F)cc1)C(=O)Nc1ccc(C(=O)O)cc1. The zero-order valence-corrected chi connectivity index (χ0v) is 13.5. The Labute approximate surface area is 151 Å². The first-order valence-corrected chi connectivity index (χ1v) is 7.39. The van der Waals surface area contributed by atoms with Crippen molar-refractivity contribution in [3.8, 4) is 6.07 Å². The molecule has 0 bridgehead atoms. The number of carbonyl (C=O) groups is 2. The van der Waals surface area contributed by atoms with E-state index in [0.29, 0.717) is 0 Å². The van der Waals surface area contributed by atoms with Gasteiger partial charge in [0.05, 0.1) is 11.1 Å². The molecule has 0 unspecified atom stereocenters. The second kappa shape index (κ2) is 8.05. The van der Waals surface area contributed by atoms with Crippen molar-refractivity contribution in [3.05, 3.63) is 71.4 Å². The minimum atomic E-state index is -4.46. The third-order valence-electron chi connectivity index (χ3n) is 3.35. The van der Waals surface area contributed by atoms with Gasteiger partial charge in [-0.2, -0.15) is 18.4 Å². The van der Waals surface area contributed by atoms with E-state index in [1.807, 2.05) is 0 Å². The fourth-order valence-corrected chi connectivity index (χ4v) is 1.95. The molecule has 3 N–H and O–H groups in total. The van der Waals surface area contributed by atoms with Crippen LogP contribution in [0.2, 0.25) is 0 Å². The van der Waals surface area contributed by atoms with E-state index < -0.39 is 23.6 Å². The van der Waals surface area contributed by atoms with Crippen molar-refractivity contribution in [2.24, 2.45) is 0 Å². The molecule has 0 aromatic heterocycles. The quantitative estimate of drug-likeness (QED) is 0.544. The maximum atomic E-state index is 12.5. The molecule has 0 radical (unpaired) electrons. The molecular formula is C18H12F3N3O3. The summed E-state index contributed by atoms with van der Waals surface area (Å²) < 4.78 is 37.5. The number of anilines is 2. The molecule has 27 heavy (non-hydrogen) atoms. The third kappa shape index (κ3) is 5.34. The molecule has 0 aliphatic carbocycles. The predicted octanol–water partition coefficient (Wildman–Crippen LogP) is 3.86. The molecule has 138 valence electrons. The van der Waals surface area contributed by atoms with E-state index >= 15 is 0 Å². The standard InChI is InChI=1S/C18H12F3N3O3/c19-18(20,21)13-3-7-14(8-4-13)23-10-12(9-22)16(25)24-15-5-1-11(2-6-15)17(26)27/h1-8,10,23H,(H,24,25)(H,26,27)/b12-10-. The number of carboxylic acids is 1. The minimum Gasteiger partial charge on any atom is -0.478 e. The van der Waals surface area contributed by atoms with Gasteiger partial charge in [-0.3, -0.25) is 4.79 Å². The Balaban J connectivity index is 2.05. The molecule has 1 amide bonds. The monoisotopic (exact) mass is 375 g/mol. The van der Waals surface area contributed by atoms with Crippen LogP contribution in [0.3, 0.4) is 0 Å². The Morgan fingerprint density at radius 2 is 1.56 bits per heavy atom. The van der Waals surface area contributed by atoms with Gasteiger partial charge in [0.2, 0.25) is 0 Å². The summed E-state index contributed by atoms with van der Waals surface area (Å²) in [5.41, 5.74) is -0.569. The first kappa shape index (κ1) is 19.5. The average molecular weight is 375 g/mol. The van der Waals surface area contributed by atoms with Gasteiger partial charge in [0.15, 0.2) is 0 Å². The summed E-state index contributed by atoms with van der Waals surface area (Å²) in [6.45, 7) is 0. The molecule has 0 aliphatic heterocycles. The van der Waals surface area contributed by atoms with Crippen LogP contribution in [-0.2, 0) is 11.0 Å². The van der Waals surface area contributed by atoms with Crippen LogP contribution in [0.1, 0.15) is 15.9 Å². The lowest BCUT2D eigenvalue weighted by Crippen LogP contribution is -2.14. The lowest BCUT2D eigenvalue weighted by molar-refractivity contribution is -0.137. The second-order valence-corrected chi connectivity index (χ2v) is 5.23. The van der Waals surface area contributed by atoms with Crippen LogP contribution in [-0.4, -0.2) is 17.0 Å². The Hall–Kier alpha value is -3.80. The van der Waals surface area contributed by atoms with Gasteiger partial charge in [0.25, 0.3) is 5.91 Å². The summed E-state index contributed by atoms with van der Waals surface area (Å²) >= 11 is 0. The molecule has 0 saturated carbocycles. The molecule has 9 heteroatoms. The molecule has 0 aliphatic rings. The van der Waals surface area contributed by atoms with Gasteiger partial charge in [0, 0.05) is 17.6 Å². The molecule has 0 spiro atoms. The average Bonchev–Trinajstić information content (AvgIpc) is 2.62. The van der Waals surface area contributed by atoms with Crippen molar-refractivity contribution in [2.45, 2.75) is 6.18 Å². The van der Waals surface area contributed by atoms with Crippen LogP contribution in [0.4, 0.5) is 24.5 Å². The molecule has 0 saturated heterocycles. The smallest absolute Gasteiger partial charge is 0.416 e. The maximum Gasteiger partial charge on any atom is 0.416 e. The van der Waals surface area contributed by atoms with Crippen molar-refractivity contribution in [2.75, 3.05) is 10.6 Å². The molecule has 2 aromatic rings. The number of nitrogens with zero attached hydrogens (tertiary/aromatic N) is 1. The number of hydrogen-bond donors (Lipinski definition) is 3. The fourth-order valence-electron chi connectivity index (χ4n) is 1.95. The number of amides is 1. The second-order valence-electron chi connectivity index (χ2n) is 5.23. The number of carboxylic acid groups (broad SMARTS) is 1. The Kier molecular flexibility index (Phi) is 5.82. The van der Waals surface area contributed by atoms with E-state index in [0.717, 1.165) is 30.5 Å². The fraction of sp³-hybridized carbons (Fsp3) is 0.0556. The van der Waals surface area contributed by atoms with Gasteiger partial charge >= 0.3 is 12.1 Å². The summed E-state index contributed by atoms with van der Waals surface area (Å²) in [5, 5.41) is 22.9. The van der Waals surface area contributed by atoms with Crippen LogP contribution in [0.15, 0.2) is 60.3 Å². The van der Waals surface area contributed by atoms with E-state index in [4.69, 9.17) is 10.4 Å². The number of alkyl halides is 3. The number of hydrogen-bond acceptors (Lipinski definition) is 4. The molecule has 0 atom stereocenters. The highest BCUT2D eigenvalue weighted by Crippen LogP contribution is 2.29.